The lowest BCUT2D eigenvalue weighted by atomic mass is 9.79. The third-order valence-electron chi connectivity index (χ3n) is 6.20. The Morgan fingerprint density at radius 2 is 1.89 bits per heavy atom. The van der Waals surface area contributed by atoms with Gasteiger partial charge in [-0.05, 0) is 48.6 Å². The van der Waals surface area contributed by atoms with Crippen molar-refractivity contribution in [2.75, 3.05) is 19.6 Å². The monoisotopic (exact) mass is 360 g/mol. The number of likely N-dealkylation sites (tertiary alicyclic amines) is 1. The quantitative estimate of drug-likeness (QED) is 0.739. The molecule has 0 radical (unpaired) electrons. The summed E-state index contributed by atoms with van der Waals surface area (Å²) in [5.41, 5.74) is 5.03. The SMILES string of the molecule is O=C(Cc1ccncc1)N1CCC2(CC1)NCCc1c2[nH]c2ccccc12. The summed E-state index contributed by atoms with van der Waals surface area (Å²) in [7, 11) is 0. The molecule has 1 fully saturated rings. The number of aromatic amines is 1. The highest BCUT2D eigenvalue weighted by molar-refractivity contribution is 5.85. The number of rotatable bonds is 2. The number of nitrogens with one attached hydrogen (secondary N) is 2. The van der Waals surface area contributed by atoms with Crippen LogP contribution in [0.4, 0.5) is 0 Å². The zero-order chi connectivity index (χ0) is 18.3. The van der Waals surface area contributed by atoms with E-state index < -0.39 is 0 Å². The lowest BCUT2D eigenvalue weighted by Crippen LogP contribution is -2.55. The Hall–Kier alpha value is -2.66. The van der Waals surface area contributed by atoms with Gasteiger partial charge in [-0.25, -0.2) is 0 Å². The average molecular weight is 360 g/mol. The van der Waals surface area contributed by atoms with Crippen LogP contribution >= 0.6 is 0 Å². The van der Waals surface area contributed by atoms with E-state index >= 15 is 0 Å². The summed E-state index contributed by atoms with van der Waals surface area (Å²) in [6, 6.07) is 12.4. The van der Waals surface area contributed by atoms with E-state index in [4.69, 9.17) is 0 Å². The number of H-pyrrole nitrogens is 1. The van der Waals surface area contributed by atoms with E-state index in [-0.39, 0.29) is 11.4 Å². The van der Waals surface area contributed by atoms with Gasteiger partial charge in [0.2, 0.25) is 5.91 Å². The molecule has 2 aliphatic rings. The maximum atomic E-state index is 12.7. The number of nitrogens with zero attached hydrogens (tertiary/aromatic N) is 2. The molecule has 2 aromatic heterocycles. The number of pyridine rings is 1. The lowest BCUT2D eigenvalue weighted by molar-refractivity contribution is -0.132. The third kappa shape index (κ3) is 2.82. The van der Waals surface area contributed by atoms with Crippen LogP contribution in [-0.4, -0.2) is 40.4 Å². The Morgan fingerprint density at radius 1 is 1.11 bits per heavy atom. The fourth-order valence-corrected chi connectivity index (χ4v) is 4.74. The van der Waals surface area contributed by atoms with Crippen LogP contribution in [0.3, 0.4) is 0 Å². The first-order valence-electron chi connectivity index (χ1n) is 9.77. The highest BCUT2D eigenvalue weighted by Crippen LogP contribution is 2.40. The molecule has 1 aromatic carbocycles. The van der Waals surface area contributed by atoms with Crippen LogP contribution in [0.1, 0.15) is 29.7 Å². The first-order chi connectivity index (χ1) is 13.3. The second kappa shape index (κ2) is 6.50. The van der Waals surface area contributed by atoms with Crippen molar-refractivity contribution in [1.82, 2.24) is 20.2 Å². The van der Waals surface area contributed by atoms with Gasteiger partial charge in [0.05, 0.1) is 12.0 Å². The zero-order valence-electron chi connectivity index (χ0n) is 15.4. The van der Waals surface area contributed by atoms with Crippen molar-refractivity contribution in [3.8, 4) is 0 Å². The van der Waals surface area contributed by atoms with Crippen molar-refractivity contribution in [2.45, 2.75) is 31.2 Å². The molecule has 0 saturated carbocycles. The van der Waals surface area contributed by atoms with E-state index in [1.54, 1.807) is 12.4 Å². The van der Waals surface area contributed by atoms with Crippen molar-refractivity contribution in [2.24, 2.45) is 0 Å². The van der Waals surface area contributed by atoms with Gasteiger partial charge >= 0.3 is 0 Å². The van der Waals surface area contributed by atoms with Crippen LogP contribution in [0.15, 0.2) is 48.8 Å². The molecule has 2 aliphatic heterocycles. The standard InChI is InChI=1S/C22H24N4O/c27-20(15-16-5-10-23-11-6-16)26-13-8-22(9-14-26)21-18(7-12-24-22)17-3-1-2-4-19(17)25-21/h1-6,10-11,24-25H,7-9,12-15H2. The second-order valence-electron chi connectivity index (χ2n) is 7.70. The fourth-order valence-electron chi connectivity index (χ4n) is 4.74. The minimum Gasteiger partial charge on any atom is -0.357 e. The minimum absolute atomic E-state index is 0.0277. The third-order valence-corrected chi connectivity index (χ3v) is 6.20. The highest BCUT2D eigenvalue weighted by atomic mass is 16.2. The van der Waals surface area contributed by atoms with E-state index in [1.165, 1.54) is 22.2 Å². The molecule has 27 heavy (non-hydrogen) atoms. The second-order valence-corrected chi connectivity index (χ2v) is 7.70. The predicted molar refractivity (Wildman–Crippen MR) is 105 cm³/mol. The molecule has 0 bridgehead atoms. The van der Waals surface area contributed by atoms with E-state index in [2.05, 4.69) is 39.6 Å². The Bertz CT molecular complexity index is 970. The van der Waals surface area contributed by atoms with Crippen LogP contribution in [0, 0.1) is 0 Å². The van der Waals surface area contributed by atoms with E-state index in [0.29, 0.717) is 6.42 Å². The maximum Gasteiger partial charge on any atom is 0.226 e. The first kappa shape index (κ1) is 16.5. The zero-order valence-corrected chi connectivity index (χ0v) is 15.4. The van der Waals surface area contributed by atoms with Crippen LogP contribution in [0.2, 0.25) is 0 Å². The first-order valence-corrected chi connectivity index (χ1v) is 9.77. The van der Waals surface area contributed by atoms with Gasteiger partial charge in [0.1, 0.15) is 0 Å². The Morgan fingerprint density at radius 3 is 2.70 bits per heavy atom. The molecular weight excluding hydrogens is 336 g/mol. The van der Waals surface area contributed by atoms with Crippen LogP contribution < -0.4 is 5.32 Å². The van der Waals surface area contributed by atoms with Crippen LogP contribution in [-0.2, 0) is 23.2 Å². The number of benzene rings is 1. The number of piperidine rings is 1. The lowest BCUT2D eigenvalue weighted by Gasteiger charge is -2.45. The topological polar surface area (TPSA) is 61.0 Å². The molecule has 3 aromatic rings. The molecule has 0 unspecified atom stereocenters. The molecule has 5 heteroatoms. The molecular formula is C22H24N4O. The van der Waals surface area contributed by atoms with Gasteiger partial charge in [-0.15, -0.1) is 0 Å². The number of hydrogen-bond acceptors (Lipinski definition) is 3. The Labute approximate surface area is 158 Å². The Kier molecular flexibility index (Phi) is 3.97. The average Bonchev–Trinajstić information content (AvgIpc) is 3.10. The van der Waals surface area contributed by atoms with Crippen LogP contribution in [0.5, 0.6) is 0 Å². The predicted octanol–water partition coefficient (Wildman–Crippen LogP) is 2.77. The van der Waals surface area contributed by atoms with Gasteiger partial charge in [0.25, 0.3) is 0 Å². The summed E-state index contributed by atoms with van der Waals surface area (Å²) in [6.45, 7) is 2.59. The molecule has 5 rings (SSSR count). The van der Waals surface area contributed by atoms with E-state index in [9.17, 15) is 4.79 Å². The summed E-state index contributed by atoms with van der Waals surface area (Å²) in [5.74, 6) is 0.212. The van der Waals surface area contributed by atoms with E-state index in [1.807, 2.05) is 17.0 Å². The summed E-state index contributed by atoms with van der Waals surface area (Å²) in [5, 5.41) is 5.13. The number of para-hydroxylation sites is 1. The summed E-state index contributed by atoms with van der Waals surface area (Å²) < 4.78 is 0. The number of amides is 1. The summed E-state index contributed by atoms with van der Waals surface area (Å²) in [4.78, 5) is 22.4. The number of carbonyl (C=O) groups is 1. The van der Waals surface area contributed by atoms with Gasteiger partial charge in [0, 0.05) is 48.6 Å². The molecule has 0 atom stereocenters. The van der Waals surface area contributed by atoms with Crippen molar-refractivity contribution in [3.05, 3.63) is 65.6 Å². The van der Waals surface area contributed by atoms with Gasteiger partial charge < -0.3 is 15.2 Å². The number of fused-ring (bicyclic) bond motifs is 4. The number of aromatic nitrogens is 2. The van der Waals surface area contributed by atoms with Crippen molar-refractivity contribution >= 4 is 16.8 Å². The normalized spacial score (nSPS) is 18.6. The molecule has 1 amide bonds. The fraction of sp³-hybridized carbons (Fsp3) is 0.364. The molecule has 1 spiro atoms. The smallest absolute Gasteiger partial charge is 0.226 e. The van der Waals surface area contributed by atoms with Gasteiger partial charge in [-0.1, -0.05) is 18.2 Å². The van der Waals surface area contributed by atoms with Gasteiger partial charge in [-0.2, -0.15) is 0 Å². The minimum atomic E-state index is -0.0277. The highest BCUT2D eigenvalue weighted by Gasteiger charge is 2.41. The number of hydrogen-bond donors (Lipinski definition) is 2. The van der Waals surface area contributed by atoms with Gasteiger partial charge in [-0.3, -0.25) is 9.78 Å². The largest absolute Gasteiger partial charge is 0.357 e. The van der Waals surface area contributed by atoms with Gasteiger partial charge in [0.15, 0.2) is 0 Å². The maximum absolute atomic E-state index is 12.7. The van der Waals surface area contributed by atoms with Crippen molar-refractivity contribution in [3.63, 3.8) is 0 Å². The summed E-state index contributed by atoms with van der Waals surface area (Å²) >= 11 is 0. The van der Waals surface area contributed by atoms with E-state index in [0.717, 1.165) is 44.5 Å². The molecule has 5 nitrogen and oxygen atoms in total. The molecule has 4 heterocycles. The molecule has 0 aliphatic carbocycles. The van der Waals surface area contributed by atoms with Crippen molar-refractivity contribution < 1.29 is 4.79 Å². The van der Waals surface area contributed by atoms with Crippen molar-refractivity contribution in [1.29, 1.82) is 0 Å². The molecule has 1 saturated heterocycles. The number of carbonyl (C=O) groups excluding carboxylic acids is 1. The molecule has 138 valence electrons. The molecule has 2 N–H and O–H groups in total. The summed E-state index contributed by atoms with van der Waals surface area (Å²) in [6.07, 6.45) is 6.92. The van der Waals surface area contributed by atoms with Crippen LogP contribution in [0.25, 0.3) is 10.9 Å². The Balaban J connectivity index is 1.35.